The van der Waals surface area contributed by atoms with Crippen LogP contribution in [0.1, 0.15) is 42.4 Å². The van der Waals surface area contributed by atoms with E-state index in [-0.39, 0.29) is 23.6 Å². The van der Waals surface area contributed by atoms with Gasteiger partial charge in [0.2, 0.25) is 0 Å². The lowest BCUT2D eigenvalue weighted by Crippen LogP contribution is -2.30. The zero-order chi connectivity index (χ0) is 25.5. The van der Waals surface area contributed by atoms with Gasteiger partial charge in [0.25, 0.3) is 0 Å². The number of aromatic nitrogens is 1. The highest BCUT2D eigenvalue weighted by Crippen LogP contribution is 2.31. The van der Waals surface area contributed by atoms with E-state index in [0.717, 1.165) is 18.2 Å². The Labute approximate surface area is 201 Å². The number of halogens is 2. The summed E-state index contributed by atoms with van der Waals surface area (Å²) in [5, 5.41) is 10.1. The molecule has 0 aliphatic carbocycles. The molecule has 1 aromatic heterocycles. The smallest absolute Gasteiger partial charge is 0.309 e. The van der Waals surface area contributed by atoms with Gasteiger partial charge in [-0.05, 0) is 24.6 Å². The van der Waals surface area contributed by atoms with E-state index in [1.54, 1.807) is 37.3 Å². The molecule has 0 amide bonds. The normalized spacial score (nSPS) is 13.4. The number of nitrogens with zero attached hydrogens (tertiary/aromatic N) is 1. The van der Waals surface area contributed by atoms with Crippen molar-refractivity contribution in [3.8, 4) is 17.2 Å². The Bertz CT molecular complexity index is 1190. The second kappa shape index (κ2) is 11.4. The molecule has 0 aliphatic heterocycles. The Morgan fingerprint density at radius 3 is 2.43 bits per heavy atom. The maximum Gasteiger partial charge on any atom is 0.309 e. The van der Waals surface area contributed by atoms with Crippen molar-refractivity contribution in [3.63, 3.8) is 0 Å². The Hall–Kier alpha value is -4.01. The van der Waals surface area contributed by atoms with E-state index >= 15 is 0 Å². The number of ketones is 1. The molecule has 0 saturated heterocycles. The number of carbonyl (C=O) groups is 2. The van der Waals surface area contributed by atoms with Crippen LogP contribution in [-0.4, -0.2) is 35.1 Å². The SMILES string of the molecule is COc1ccnc(C(=O)C[C@@H](C)C(=O)O[C@@H](C)[C@H](Oc2cc(F)ccc2F)c2ccccc2)c1O. The number of rotatable bonds is 10. The minimum Gasteiger partial charge on any atom is -0.503 e. The molecule has 0 bridgehead atoms. The molecule has 1 N–H and O–H groups in total. The van der Waals surface area contributed by atoms with E-state index in [4.69, 9.17) is 14.2 Å². The zero-order valence-corrected chi connectivity index (χ0v) is 19.4. The third-order valence-corrected chi connectivity index (χ3v) is 5.27. The van der Waals surface area contributed by atoms with Crippen LogP contribution < -0.4 is 9.47 Å². The largest absolute Gasteiger partial charge is 0.503 e. The van der Waals surface area contributed by atoms with Crippen molar-refractivity contribution in [3.05, 3.63) is 83.7 Å². The first-order valence-electron chi connectivity index (χ1n) is 10.8. The van der Waals surface area contributed by atoms with Gasteiger partial charge >= 0.3 is 5.97 Å². The molecule has 9 heteroatoms. The van der Waals surface area contributed by atoms with Crippen molar-refractivity contribution in [1.29, 1.82) is 0 Å². The van der Waals surface area contributed by atoms with Crippen LogP contribution in [0.4, 0.5) is 8.78 Å². The number of pyridine rings is 1. The van der Waals surface area contributed by atoms with Crippen LogP contribution >= 0.6 is 0 Å². The van der Waals surface area contributed by atoms with Gasteiger partial charge in [-0.25, -0.2) is 13.8 Å². The Kier molecular flexibility index (Phi) is 8.35. The van der Waals surface area contributed by atoms with Crippen LogP contribution in [0.25, 0.3) is 0 Å². The van der Waals surface area contributed by atoms with E-state index < -0.39 is 47.3 Å². The first-order valence-corrected chi connectivity index (χ1v) is 10.8. The van der Waals surface area contributed by atoms with Crippen LogP contribution in [0.5, 0.6) is 17.2 Å². The van der Waals surface area contributed by atoms with E-state index in [1.807, 2.05) is 0 Å². The molecule has 0 fully saturated rings. The van der Waals surface area contributed by atoms with Gasteiger partial charge in [0.1, 0.15) is 11.9 Å². The monoisotopic (exact) mass is 485 g/mol. The van der Waals surface area contributed by atoms with Crippen LogP contribution in [0, 0.1) is 17.6 Å². The second-order valence-electron chi connectivity index (χ2n) is 7.90. The molecule has 1 heterocycles. The Morgan fingerprint density at radius 1 is 1.03 bits per heavy atom. The molecule has 3 rings (SSSR count). The van der Waals surface area contributed by atoms with Gasteiger partial charge in [-0.1, -0.05) is 37.3 Å². The number of esters is 1. The molecule has 0 aliphatic rings. The van der Waals surface area contributed by atoms with Crippen LogP contribution in [0.15, 0.2) is 60.8 Å². The van der Waals surface area contributed by atoms with Gasteiger partial charge in [0.15, 0.2) is 40.6 Å². The summed E-state index contributed by atoms with van der Waals surface area (Å²) in [4.78, 5) is 29.3. The van der Waals surface area contributed by atoms with Gasteiger partial charge in [0.05, 0.1) is 13.0 Å². The maximum absolute atomic E-state index is 14.2. The molecular weight excluding hydrogens is 460 g/mol. The minimum atomic E-state index is -0.955. The fourth-order valence-electron chi connectivity index (χ4n) is 3.41. The highest BCUT2D eigenvalue weighted by atomic mass is 19.1. The molecule has 184 valence electrons. The number of methoxy groups -OCH3 is 1. The number of aromatic hydroxyl groups is 1. The first-order chi connectivity index (χ1) is 16.7. The van der Waals surface area contributed by atoms with Crippen molar-refractivity contribution in [2.24, 2.45) is 5.92 Å². The van der Waals surface area contributed by atoms with Crippen LogP contribution in [0.3, 0.4) is 0 Å². The van der Waals surface area contributed by atoms with Crippen molar-refractivity contribution >= 4 is 11.8 Å². The second-order valence-corrected chi connectivity index (χ2v) is 7.90. The maximum atomic E-state index is 14.2. The number of ether oxygens (including phenoxy) is 3. The van der Waals surface area contributed by atoms with E-state index in [0.29, 0.717) is 5.56 Å². The van der Waals surface area contributed by atoms with Gasteiger partial charge in [-0.2, -0.15) is 0 Å². The van der Waals surface area contributed by atoms with E-state index in [9.17, 15) is 23.5 Å². The lowest BCUT2D eigenvalue weighted by Gasteiger charge is -2.26. The summed E-state index contributed by atoms with van der Waals surface area (Å²) in [6.07, 6.45) is -0.851. The Morgan fingerprint density at radius 2 is 1.74 bits per heavy atom. The Balaban J connectivity index is 1.74. The highest BCUT2D eigenvalue weighted by molar-refractivity contribution is 5.99. The fourth-order valence-corrected chi connectivity index (χ4v) is 3.41. The standard InChI is InChI=1S/C26H25F2NO6/c1-15(13-20(30)23-24(31)21(33-3)11-12-29-23)26(32)34-16(2)25(17-7-5-4-6-8-17)35-22-14-18(27)9-10-19(22)28/h4-12,14-16,25,31H,13H2,1-3H3/t15-,16+,25+/m1/s1. The third-order valence-electron chi connectivity index (χ3n) is 5.27. The summed E-state index contributed by atoms with van der Waals surface area (Å²) in [6, 6.07) is 12.9. The number of benzene rings is 2. The molecule has 3 aromatic rings. The van der Waals surface area contributed by atoms with Crippen molar-refractivity contribution in [1.82, 2.24) is 4.98 Å². The van der Waals surface area contributed by atoms with Crippen molar-refractivity contribution in [2.45, 2.75) is 32.5 Å². The highest BCUT2D eigenvalue weighted by Gasteiger charge is 2.29. The van der Waals surface area contributed by atoms with Gasteiger partial charge in [-0.15, -0.1) is 0 Å². The molecule has 35 heavy (non-hydrogen) atoms. The van der Waals surface area contributed by atoms with Crippen LogP contribution in [0.2, 0.25) is 0 Å². The first kappa shape index (κ1) is 25.6. The van der Waals surface area contributed by atoms with Gasteiger partial charge < -0.3 is 19.3 Å². The number of Topliss-reactive ketones (excluding diaryl/α,β-unsaturated/α-hetero) is 1. The molecule has 0 unspecified atom stereocenters. The lowest BCUT2D eigenvalue weighted by atomic mass is 10.0. The molecule has 7 nitrogen and oxygen atoms in total. The summed E-state index contributed by atoms with van der Waals surface area (Å²) < 4.78 is 44.1. The molecule has 0 spiro atoms. The topological polar surface area (TPSA) is 95.0 Å². The summed E-state index contributed by atoms with van der Waals surface area (Å²) in [5.74, 6) is -4.28. The summed E-state index contributed by atoms with van der Waals surface area (Å²) in [6.45, 7) is 3.05. The molecule has 0 saturated carbocycles. The summed E-state index contributed by atoms with van der Waals surface area (Å²) >= 11 is 0. The molecule has 3 atom stereocenters. The summed E-state index contributed by atoms with van der Waals surface area (Å²) in [5.41, 5.74) is 0.356. The lowest BCUT2D eigenvalue weighted by molar-refractivity contribution is -0.157. The molecule has 0 radical (unpaired) electrons. The predicted octanol–water partition coefficient (Wildman–Crippen LogP) is 5.03. The van der Waals surface area contributed by atoms with Crippen molar-refractivity contribution < 1.29 is 37.7 Å². The fraction of sp³-hybridized carbons (Fsp3) is 0.269. The molecular formula is C26H25F2NO6. The predicted molar refractivity (Wildman–Crippen MR) is 122 cm³/mol. The minimum absolute atomic E-state index is 0.0830. The van der Waals surface area contributed by atoms with E-state index in [1.165, 1.54) is 26.3 Å². The number of hydrogen-bond acceptors (Lipinski definition) is 7. The molecule has 2 aromatic carbocycles. The third kappa shape index (κ3) is 6.32. The van der Waals surface area contributed by atoms with Gasteiger partial charge in [0, 0.05) is 24.8 Å². The average Bonchev–Trinajstić information content (AvgIpc) is 2.84. The zero-order valence-electron chi connectivity index (χ0n) is 19.4. The van der Waals surface area contributed by atoms with Gasteiger partial charge in [-0.3, -0.25) is 9.59 Å². The summed E-state index contributed by atoms with van der Waals surface area (Å²) in [7, 11) is 1.34. The van der Waals surface area contributed by atoms with Crippen molar-refractivity contribution in [2.75, 3.05) is 7.11 Å². The quantitative estimate of drug-likeness (QED) is 0.318. The number of carbonyl (C=O) groups excluding carboxylic acids is 2. The average molecular weight is 485 g/mol. The van der Waals surface area contributed by atoms with E-state index in [2.05, 4.69) is 4.98 Å². The number of hydrogen-bond donors (Lipinski definition) is 1. The van der Waals surface area contributed by atoms with Crippen LogP contribution in [-0.2, 0) is 9.53 Å².